The zero-order valence-electron chi connectivity index (χ0n) is 16.7. The summed E-state index contributed by atoms with van der Waals surface area (Å²) < 4.78 is 22.7. The number of amides is 1. The van der Waals surface area contributed by atoms with Crippen molar-refractivity contribution in [1.82, 2.24) is 15.1 Å². The first-order valence-electron chi connectivity index (χ1n) is 10.5. The monoisotopic (exact) mass is 393 g/mol. The summed E-state index contributed by atoms with van der Waals surface area (Å²) in [6, 6.07) is 0.638. The van der Waals surface area contributed by atoms with E-state index in [1.165, 1.54) is 18.4 Å². The molecule has 0 aromatic rings. The number of likely N-dealkylation sites (tertiary alicyclic amines) is 2. The maximum Gasteiger partial charge on any atom is 0.409 e. The number of piperidine rings is 1. The number of alkyl halides is 1. The summed E-state index contributed by atoms with van der Waals surface area (Å²) >= 11 is 0. The second kappa shape index (κ2) is 8.41. The molecule has 6 nitrogen and oxygen atoms in total. The molecule has 1 unspecified atom stereocenters. The summed E-state index contributed by atoms with van der Waals surface area (Å²) in [4.78, 5) is 16.4. The summed E-state index contributed by atoms with van der Waals surface area (Å²) in [5.41, 5.74) is 1.63. The van der Waals surface area contributed by atoms with Crippen LogP contribution in [0.25, 0.3) is 0 Å². The van der Waals surface area contributed by atoms with Gasteiger partial charge in [0.1, 0.15) is 19.5 Å². The van der Waals surface area contributed by atoms with Crippen LogP contribution in [0.1, 0.15) is 32.1 Å². The zero-order valence-corrected chi connectivity index (χ0v) is 16.7. The Kier molecular flexibility index (Phi) is 5.92. The van der Waals surface area contributed by atoms with Gasteiger partial charge in [0.15, 0.2) is 0 Å². The summed E-state index contributed by atoms with van der Waals surface area (Å²) in [7, 11) is 1.76. The van der Waals surface area contributed by atoms with Crippen molar-refractivity contribution in [3.8, 4) is 0 Å². The van der Waals surface area contributed by atoms with Gasteiger partial charge in [-0.3, -0.25) is 0 Å². The molecule has 7 heteroatoms. The summed E-state index contributed by atoms with van der Waals surface area (Å²) in [6.07, 6.45) is 11.6. The van der Waals surface area contributed by atoms with Crippen LogP contribution in [0.2, 0.25) is 0 Å². The van der Waals surface area contributed by atoms with E-state index in [0.717, 1.165) is 45.4 Å². The van der Waals surface area contributed by atoms with Crippen molar-refractivity contribution in [2.24, 2.45) is 11.3 Å². The van der Waals surface area contributed by atoms with E-state index in [4.69, 9.17) is 9.47 Å². The number of carbonyl (C=O) groups excluding carboxylic acids is 1. The first kappa shape index (κ1) is 19.7. The molecule has 3 heterocycles. The molecular weight excluding hydrogens is 361 g/mol. The maximum absolute atomic E-state index is 12.2. The van der Waals surface area contributed by atoms with Crippen LogP contribution in [0.3, 0.4) is 0 Å². The smallest absolute Gasteiger partial charge is 0.409 e. The lowest BCUT2D eigenvalue weighted by molar-refractivity contribution is -0.00943. The number of halogens is 1. The van der Waals surface area contributed by atoms with Gasteiger partial charge in [-0.15, -0.1) is 0 Å². The van der Waals surface area contributed by atoms with Gasteiger partial charge in [-0.1, -0.05) is 6.08 Å². The van der Waals surface area contributed by atoms with Gasteiger partial charge in [0.05, 0.1) is 0 Å². The Labute approximate surface area is 166 Å². The Hall–Kier alpha value is -1.60. The van der Waals surface area contributed by atoms with E-state index >= 15 is 0 Å². The third kappa shape index (κ3) is 3.92. The Morgan fingerprint density at radius 2 is 2.11 bits per heavy atom. The average Bonchev–Trinajstić information content (AvgIpc) is 3.17. The highest BCUT2D eigenvalue weighted by molar-refractivity contribution is 5.68. The van der Waals surface area contributed by atoms with Crippen molar-refractivity contribution in [2.45, 2.75) is 44.4 Å². The van der Waals surface area contributed by atoms with Crippen molar-refractivity contribution in [3.05, 3.63) is 23.9 Å². The molecule has 4 aliphatic rings. The molecule has 0 aromatic carbocycles. The van der Waals surface area contributed by atoms with Crippen molar-refractivity contribution in [2.75, 3.05) is 46.6 Å². The number of dihydropyridines is 1. The Morgan fingerprint density at radius 1 is 1.32 bits per heavy atom. The molecule has 2 saturated heterocycles. The second-order valence-corrected chi connectivity index (χ2v) is 8.66. The second-order valence-electron chi connectivity index (χ2n) is 8.66. The molecule has 0 bridgehead atoms. The standard InChI is InChI=1S/C21H32FN3O3/c1-27-19-18(3-2-8-23-19)16-4-9-24(10-5-16)17-13-21(14-17)6-11-25(15-21)20(26)28-12-7-22/h2-3,8,16-17,19,23H,4-7,9-15H2,1H3. The number of rotatable bonds is 5. The molecule has 1 saturated carbocycles. The van der Waals surface area contributed by atoms with E-state index in [2.05, 4.69) is 22.4 Å². The molecule has 0 aromatic heterocycles. The van der Waals surface area contributed by atoms with Crippen LogP contribution in [0.4, 0.5) is 9.18 Å². The molecule has 1 aliphatic carbocycles. The third-order valence-corrected chi connectivity index (χ3v) is 7.02. The lowest BCUT2D eigenvalue weighted by atomic mass is 9.64. The first-order valence-corrected chi connectivity index (χ1v) is 10.5. The van der Waals surface area contributed by atoms with E-state index in [-0.39, 0.29) is 24.3 Å². The largest absolute Gasteiger partial charge is 0.447 e. The van der Waals surface area contributed by atoms with E-state index in [1.54, 1.807) is 12.0 Å². The molecule has 4 rings (SSSR count). The minimum Gasteiger partial charge on any atom is -0.447 e. The number of allylic oxidation sites excluding steroid dienone is 2. The van der Waals surface area contributed by atoms with Gasteiger partial charge in [0.2, 0.25) is 0 Å². The molecule has 1 amide bonds. The fourth-order valence-corrected chi connectivity index (χ4v) is 5.48. The van der Waals surface area contributed by atoms with E-state index in [0.29, 0.717) is 12.0 Å². The van der Waals surface area contributed by atoms with Gasteiger partial charge >= 0.3 is 6.09 Å². The van der Waals surface area contributed by atoms with Crippen LogP contribution in [-0.2, 0) is 9.47 Å². The minimum atomic E-state index is -0.614. The molecule has 1 spiro atoms. The fraction of sp³-hybridized carbons (Fsp3) is 0.762. The van der Waals surface area contributed by atoms with E-state index in [1.807, 2.05) is 6.20 Å². The molecular formula is C21H32FN3O3. The zero-order chi connectivity index (χ0) is 19.6. The van der Waals surface area contributed by atoms with E-state index in [9.17, 15) is 9.18 Å². The molecule has 3 fully saturated rings. The van der Waals surface area contributed by atoms with Crippen molar-refractivity contribution < 1.29 is 18.7 Å². The third-order valence-electron chi connectivity index (χ3n) is 7.02. The number of carbonyl (C=O) groups is 1. The van der Waals surface area contributed by atoms with Crippen LogP contribution < -0.4 is 5.32 Å². The molecule has 3 aliphatic heterocycles. The average molecular weight is 394 g/mol. The quantitative estimate of drug-likeness (QED) is 0.778. The number of methoxy groups -OCH3 is 1. The number of nitrogens with zero attached hydrogens (tertiary/aromatic N) is 2. The topological polar surface area (TPSA) is 54.0 Å². The predicted octanol–water partition coefficient (Wildman–Crippen LogP) is 2.67. The number of ether oxygens (including phenoxy) is 2. The highest BCUT2D eigenvalue weighted by atomic mass is 19.1. The molecule has 156 valence electrons. The van der Waals surface area contributed by atoms with Gasteiger partial charge in [-0.05, 0) is 74.4 Å². The molecule has 1 atom stereocenters. The number of hydrogen-bond acceptors (Lipinski definition) is 5. The summed E-state index contributed by atoms with van der Waals surface area (Å²) in [5.74, 6) is 0.583. The fourth-order valence-electron chi connectivity index (χ4n) is 5.48. The number of hydrogen-bond donors (Lipinski definition) is 1. The Balaban J connectivity index is 1.23. The Morgan fingerprint density at radius 3 is 2.82 bits per heavy atom. The van der Waals surface area contributed by atoms with Crippen LogP contribution in [0.5, 0.6) is 0 Å². The van der Waals surface area contributed by atoms with Gasteiger partial charge < -0.3 is 24.6 Å². The lowest BCUT2D eigenvalue weighted by Crippen LogP contribution is -2.54. The van der Waals surface area contributed by atoms with Gasteiger partial charge in [0, 0.05) is 26.2 Å². The summed E-state index contributed by atoms with van der Waals surface area (Å²) in [6.45, 7) is 3.03. The van der Waals surface area contributed by atoms with Gasteiger partial charge in [-0.2, -0.15) is 0 Å². The first-order chi connectivity index (χ1) is 13.6. The van der Waals surface area contributed by atoms with Crippen LogP contribution in [0.15, 0.2) is 23.9 Å². The predicted molar refractivity (Wildman–Crippen MR) is 104 cm³/mol. The SMILES string of the molecule is COC1NC=CC=C1C1CCN(C2CC3(CCN(C(=O)OCCF)C3)C2)CC1. The van der Waals surface area contributed by atoms with E-state index < -0.39 is 6.67 Å². The minimum absolute atomic E-state index is 0.00939. The Bertz CT molecular complexity index is 624. The summed E-state index contributed by atoms with van der Waals surface area (Å²) in [5, 5.41) is 3.28. The molecule has 28 heavy (non-hydrogen) atoms. The number of nitrogens with one attached hydrogen (secondary N) is 1. The van der Waals surface area contributed by atoms with Crippen molar-refractivity contribution >= 4 is 6.09 Å². The molecule has 1 N–H and O–H groups in total. The highest BCUT2D eigenvalue weighted by Gasteiger charge is 2.51. The van der Waals surface area contributed by atoms with Gasteiger partial charge in [-0.25, -0.2) is 9.18 Å². The lowest BCUT2D eigenvalue weighted by Gasteiger charge is -2.52. The van der Waals surface area contributed by atoms with Crippen LogP contribution in [0, 0.1) is 11.3 Å². The van der Waals surface area contributed by atoms with Gasteiger partial charge in [0.25, 0.3) is 0 Å². The van der Waals surface area contributed by atoms with Crippen molar-refractivity contribution in [1.29, 1.82) is 0 Å². The molecule has 0 radical (unpaired) electrons. The van der Waals surface area contributed by atoms with Crippen LogP contribution in [-0.4, -0.2) is 74.7 Å². The maximum atomic E-state index is 12.2. The van der Waals surface area contributed by atoms with Crippen LogP contribution >= 0.6 is 0 Å². The normalized spacial score (nSPS) is 33.5. The highest BCUT2D eigenvalue weighted by Crippen LogP contribution is 2.50. The van der Waals surface area contributed by atoms with Crippen molar-refractivity contribution in [3.63, 3.8) is 0 Å².